The van der Waals surface area contributed by atoms with Crippen molar-refractivity contribution in [2.45, 2.75) is 6.54 Å². The fourth-order valence-electron chi connectivity index (χ4n) is 2.39. The monoisotopic (exact) mass is 389 g/mol. The first kappa shape index (κ1) is 20.9. The van der Waals surface area contributed by atoms with Gasteiger partial charge in [0.1, 0.15) is 17.1 Å². The average Bonchev–Trinajstić information content (AvgIpc) is 2.75. The van der Waals surface area contributed by atoms with Crippen molar-refractivity contribution < 1.29 is 33.3 Å². The quantitative estimate of drug-likeness (QED) is 0.657. The zero-order valence-electron chi connectivity index (χ0n) is 16.2. The van der Waals surface area contributed by atoms with E-state index in [2.05, 4.69) is 5.32 Å². The Morgan fingerprint density at radius 3 is 2.00 bits per heavy atom. The number of ether oxygens (including phenoxy) is 5. The smallest absolute Gasteiger partial charge is 0.342 e. The molecule has 2 aromatic rings. The molecular weight excluding hydrogens is 366 g/mol. The van der Waals surface area contributed by atoms with Gasteiger partial charge in [0.15, 0.2) is 18.1 Å². The second kappa shape index (κ2) is 10.1. The van der Waals surface area contributed by atoms with E-state index in [-0.39, 0.29) is 11.3 Å². The van der Waals surface area contributed by atoms with Crippen LogP contribution in [0.4, 0.5) is 0 Å². The van der Waals surface area contributed by atoms with Crippen molar-refractivity contribution in [2.75, 3.05) is 35.0 Å². The van der Waals surface area contributed by atoms with Gasteiger partial charge in [-0.3, -0.25) is 4.79 Å². The normalized spacial score (nSPS) is 10.0. The van der Waals surface area contributed by atoms with Crippen molar-refractivity contribution >= 4 is 11.9 Å². The number of nitrogens with one attached hydrogen (secondary N) is 1. The minimum absolute atomic E-state index is 0.128. The highest BCUT2D eigenvalue weighted by molar-refractivity contribution is 5.95. The summed E-state index contributed by atoms with van der Waals surface area (Å²) in [6, 6.07) is 10.2. The number of carbonyl (C=O) groups is 2. The molecule has 1 N–H and O–H groups in total. The topological polar surface area (TPSA) is 92.3 Å². The summed E-state index contributed by atoms with van der Waals surface area (Å²) >= 11 is 0. The number of benzene rings is 2. The summed E-state index contributed by atoms with van der Waals surface area (Å²) in [6.45, 7) is -0.119. The number of hydrogen-bond donors (Lipinski definition) is 1. The van der Waals surface area contributed by atoms with Crippen LogP contribution in [0.25, 0.3) is 0 Å². The molecule has 0 spiro atoms. The first-order valence-electron chi connectivity index (χ1n) is 8.39. The number of rotatable bonds is 9. The highest BCUT2D eigenvalue weighted by Crippen LogP contribution is 2.34. The molecular formula is C20H23NO7. The maximum atomic E-state index is 12.3. The molecule has 8 heteroatoms. The van der Waals surface area contributed by atoms with E-state index in [9.17, 15) is 9.59 Å². The lowest BCUT2D eigenvalue weighted by atomic mass is 10.1. The van der Waals surface area contributed by atoms with E-state index >= 15 is 0 Å². The van der Waals surface area contributed by atoms with Gasteiger partial charge < -0.3 is 29.0 Å². The molecule has 28 heavy (non-hydrogen) atoms. The Bertz CT molecular complexity index is 818. The molecule has 0 saturated heterocycles. The summed E-state index contributed by atoms with van der Waals surface area (Å²) in [7, 11) is 5.92. The highest BCUT2D eigenvalue weighted by Gasteiger charge is 2.19. The van der Waals surface area contributed by atoms with Crippen LogP contribution in [0.15, 0.2) is 36.4 Å². The number of hydrogen-bond acceptors (Lipinski definition) is 7. The van der Waals surface area contributed by atoms with Crippen molar-refractivity contribution in [3.63, 3.8) is 0 Å². The maximum absolute atomic E-state index is 12.3. The van der Waals surface area contributed by atoms with Crippen LogP contribution in [0.1, 0.15) is 15.9 Å². The van der Waals surface area contributed by atoms with Crippen LogP contribution in [0.2, 0.25) is 0 Å². The third-order valence-corrected chi connectivity index (χ3v) is 3.91. The molecule has 0 fully saturated rings. The third-order valence-electron chi connectivity index (χ3n) is 3.91. The van der Waals surface area contributed by atoms with Gasteiger partial charge >= 0.3 is 5.97 Å². The van der Waals surface area contributed by atoms with Crippen molar-refractivity contribution in [1.82, 2.24) is 5.32 Å². The van der Waals surface area contributed by atoms with Gasteiger partial charge in [-0.05, 0) is 17.7 Å². The predicted molar refractivity (Wildman–Crippen MR) is 101 cm³/mol. The van der Waals surface area contributed by atoms with Gasteiger partial charge in [0.25, 0.3) is 5.91 Å². The zero-order valence-corrected chi connectivity index (χ0v) is 16.2. The lowest BCUT2D eigenvalue weighted by Gasteiger charge is -2.13. The average molecular weight is 389 g/mol. The Kier molecular flexibility index (Phi) is 7.50. The van der Waals surface area contributed by atoms with Gasteiger partial charge in [0.2, 0.25) is 0 Å². The molecule has 0 unspecified atom stereocenters. The molecule has 0 aliphatic heterocycles. The molecule has 0 atom stereocenters. The largest absolute Gasteiger partial charge is 0.497 e. The fourth-order valence-corrected chi connectivity index (χ4v) is 2.39. The molecule has 8 nitrogen and oxygen atoms in total. The minimum atomic E-state index is -0.711. The lowest BCUT2D eigenvalue weighted by molar-refractivity contribution is -0.124. The van der Waals surface area contributed by atoms with E-state index < -0.39 is 18.5 Å². The Hall–Kier alpha value is -3.42. The van der Waals surface area contributed by atoms with Gasteiger partial charge in [-0.1, -0.05) is 12.1 Å². The van der Waals surface area contributed by atoms with Gasteiger partial charge in [-0.25, -0.2) is 4.79 Å². The molecule has 0 aromatic heterocycles. The Balaban J connectivity index is 1.94. The van der Waals surface area contributed by atoms with E-state index in [1.807, 2.05) is 12.1 Å². The highest BCUT2D eigenvalue weighted by atomic mass is 16.5. The summed E-state index contributed by atoms with van der Waals surface area (Å²) in [4.78, 5) is 24.3. The van der Waals surface area contributed by atoms with E-state index in [4.69, 9.17) is 23.7 Å². The van der Waals surface area contributed by atoms with Crippen molar-refractivity contribution in [1.29, 1.82) is 0 Å². The van der Waals surface area contributed by atoms with E-state index in [1.165, 1.54) is 33.5 Å². The van der Waals surface area contributed by atoms with E-state index in [1.54, 1.807) is 19.2 Å². The minimum Gasteiger partial charge on any atom is -0.497 e. The standard InChI is InChI=1S/C20H23NO7/c1-24-14-7-5-13(6-8-14)11-21-19(22)12-28-20(23)15-9-17(26-3)18(27-4)10-16(15)25-2/h5-10H,11-12H2,1-4H3,(H,21,22). The summed E-state index contributed by atoms with van der Waals surface area (Å²) in [5.74, 6) is 0.600. The third kappa shape index (κ3) is 5.29. The Morgan fingerprint density at radius 2 is 1.43 bits per heavy atom. The summed E-state index contributed by atoms with van der Waals surface area (Å²) in [6.07, 6.45) is 0. The molecule has 0 radical (unpaired) electrons. The first-order chi connectivity index (χ1) is 13.5. The number of methoxy groups -OCH3 is 4. The van der Waals surface area contributed by atoms with Gasteiger partial charge in [0.05, 0.1) is 28.4 Å². The first-order valence-corrected chi connectivity index (χ1v) is 8.39. The van der Waals surface area contributed by atoms with Crippen LogP contribution in [-0.2, 0) is 16.1 Å². The molecule has 0 heterocycles. The Morgan fingerprint density at radius 1 is 0.821 bits per heavy atom. The molecule has 2 rings (SSSR count). The molecule has 0 aliphatic rings. The molecule has 2 aromatic carbocycles. The van der Waals surface area contributed by atoms with Crippen LogP contribution in [0, 0.1) is 0 Å². The van der Waals surface area contributed by atoms with Crippen LogP contribution < -0.4 is 24.3 Å². The van der Waals surface area contributed by atoms with Crippen LogP contribution in [0.5, 0.6) is 23.0 Å². The van der Waals surface area contributed by atoms with Crippen LogP contribution in [-0.4, -0.2) is 46.9 Å². The Labute approximate surface area is 163 Å². The second-order valence-corrected chi connectivity index (χ2v) is 5.61. The lowest BCUT2D eigenvalue weighted by Crippen LogP contribution is -2.28. The van der Waals surface area contributed by atoms with Crippen molar-refractivity contribution in [3.8, 4) is 23.0 Å². The second-order valence-electron chi connectivity index (χ2n) is 5.61. The molecule has 0 saturated carbocycles. The number of carbonyl (C=O) groups excluding carboxylic acids is 2. The van der Waals surface area contributed by atoms with Gasteiger partial charge in [-0.15, -0.1) is 0 Å². The van der Waals surface area contributed by atoms with Crippen LogP contribution in [0.3, 0.4) is 0 Å². The van der Waals surface area contributed by atoms with Crippen molar-refractivity contribution in [3.05, 3.63) is 47.5 Å². The van der Waals surface area contributed by atoms with Gasteiger partial charge in [-0.2, -0.15) is 0 Å². The zero-order chi connectivity index (χ0) is 20.5. The predicted octanol–water partition coefficient (Wildman–Crippen LogP) is 2.19. The van der Waals surface area contributed by atoms with Gasteiger partial charge in [0, 0.05) is 18.7 Å². The van der Waals surface area contributed by atoms with Crippen LogP contribution >= 0.6 is 0 Å². The maximum Gasteiger partial charge on any atom is 0.342 e. The van der Waals surface area contributed by atoms with E-state index in [0.29, 0.717) is 18.0 Å². The van der Waals surface area contributed by atoms with E-state index in [0.717, 1.165) is 11.3 Å². The summed E-state index contributed by atoms with van der Waals surface area (Å²) in [5, 5.41) is 2.68. The molecule has 0 aliphatic carbocycles. The summed E-state index contributed by atoms with van der Waals surface area (Å²) in [5.41, 5.74) is 1.02. The van der Waals surface area contributed by atoms with Crippen molar-refractivity contribution in [2.24, 2.45) is 0 Å². The fraction of sp³-hybridized carbons (Fsp3) is 0.300. The molecule has 150 valence electrons. The summed E-state index contributed by atoms with van der Waals surface area (Å²) < 4.78 is 25.7. The number of esters is 1. The number of amides is 1. The SMILES string of the molecule is COc1ccc(CNC(=O)COC(=O)c2cc(OC)c(OC)cc2OC)cc1. The molecule has 1 amide bonds. The molecule has 0 bridgehead atoms.